The third-order valence-corrected chi connectivity index (χ3v) is 6.96. The number of unbranched alkanes of at least 4 members (excludes halogenated alkanes) is 1. The number of aromatic amines is 1. The Bertz CT molecular complexity index is 979. The molecule has 1 saturated carbocycles. The molecule has 3 nitrogen and oxygen atoms in total. The molecular formula is C25H28N2O. The first kappa shape index (κ1) is 17.5. The zero-order valence-electron chi connectivity index (χ0n) is 16.5. The number of H-pyrrole nitrogens is 1. The molecule has 1 amide bonds. The van der Waals surface area contributed by atoms with E-state index in [1.165, 1.54) is 12.8 Å². The molecule has 5 rings (SSSR count). The highest BCUT2D eigenvalue weighted by Crippen LogP contribution is 2.55. The van der Waals surface area contributed by atoms with Gasteiger partial charge in [0.1, 0.15) is 0 Å². The van der Waals surface area contributed by atoms with Gasteiger partial charge in [0, 0.05) is 35.8 Å². The van der Waals surface area contributed by atoms with Crippen LogP contribution in [0.2, 0.25) is 0 Å². The molecule has 1 saturated heterocycles. The number of benzene rings is 1. The molecule has 1 aliphatic heterocycles. The summed E-state index contributed by atoms with van der Waals surface area (Å²) in [6, 6.07) is 8.45. The number of carbonyl (C=O) groups is 1. The van der Waals surface area contributed by atoms with E-state index in [0.29, 0.717) is 23.8 Å². The number of likely N-dealkylation sites (tertiary alicyclic amines) is 1. The van der Waals surface area contributed by atoms with Crippen LogP contribution in [0, 0.1) is 17.8 Å². The van der Waals surface area contributed by atoms with Gasteiger partial charge in [-0.2, -0.15) is 0 Å². The lowest BCUT2D eigenvalue weighted by molar-refractivity contribution is 0.00164. The maximum absolute atomic E-state index is 13.5. The standard InChI is InChI=1S/C25H28N2O/c1-2-3-9-23-24-20-8-6-4-5-7-19(20)21(24)13-15-27(23)25(28)18-11-10-17-12-14-26-22(17)16-18/h4-8,10-12,14,16,20-21,23-24,26H,2-3,9,13,15H2,1H3/t20?,21?,23-,24?/m1/s1. The van der Waals surface area contributed by atoms with Crippen molar-refractivity contribution < 1.29 is 4.79 Å². The fourth-order valence-corrected chi connectivity index (χ4v) is 5.59. The Balaban J connectivity index is 1.45. The van der Waals surface area contributed by atoms with Crippen LogP contribution >= 0.6 is 0 Å². The lowest BCUT2D eigenvalue weighted by atomic mass is 9.54. The summed E-state index contributed by atoms with van der Waals surface area (Å²) >= 11 is 0. The summed E-state index contributed by atoms with van der Waals surface area (Å²) in [5, 5.41) is 1.16. The number of amides is 1. The summed E-state index contributed by atoms with van der Waals surface area (Å²) in [7, 11) is 0. The molecule has 2 aromatic rings. The SMILES string of the molecule is CCCC[C@@H]1C2C3C=CC=CC=C3C2CCN1C(=O)c1ccc2cc[nH]c2c1. The van der Waals surface area contributed by atoms with Crippen LogP contribution in [0.3, 0.4) is 0 Å². The van der Waals surface area contributed by atoms with E-state index < -0.39 is 0 Å². The second-order valence-corrected chi connectivity index (χ2v) is 8.42. The fourth-order valence-electron chi connectivity index (χ4n) is 5.59. The number of carbonyl (C=O) groups excluding carboxylic acids is 1. The van der Waals surface area contributed by atoms with Crippen molar-refractivity contribution in [3.8, 4) is 0 Å². The van der Waals surface area contributed by atoms with Gasteiger partial charge in [-0.3, -0.25) is 4.79 Å². The summed E-state index contributed by atoms with van der Waals surface area (Å²) in [4.78, 5) is 18.9. The zero-order chi connectivity index (χ0) is 19.1. The molecule has 3 aliphatic rings. The van der Waals surface area contributed by atoms with E-state index in [1.807, 2.05) is 24.4 Å². The van der Waals surface area contributed by atoms with E-state index in [-0.39, 0.29) is 5.91 Å². The zero-order valence-corrected chi connectivity index (χ0v) is 16.5. The molecule has 2 fully saturated rings. The van der Waals surface area contributed by atoms with Gasteiger partial charge in [-0.15, -0.1) is 0 Å². The third-order valence-electron chi connectivity index (χ3n) is 6.96. The highest BCUT2D eigenvalue weighted by Gasteiger charge is 2.52. The van der Waals surface area contributed by atoms with E-state index in [0.717, 1.165) is 35.9 Å². The van der Waals surface area contributed by atoms with E-state index in [4.69, 9.17) is 0 Å². The predicted octanol–water partition coefficient (Wildman–Crippen LogP) is 5.49. The summed E-state index contributed by atoms with van der Waals surface area (Å²) in [5.74, 6) is 1.92. The van der Waals surface area contributed by atoms with Crippen molar-refractivity contribution in [2.24, 2.45) is 17.8 Å². The lowest BCUT2D eigenvalue weighted by Gasteiger charge is -2.57. The topological polar surface area (TPSA) is 36.1 Å². The molecule has 3 heteroatoms. The van der Waals surface area contributed by atoms with Crippen LogP contribution in [-0.4, -0.2) is 28.4 Å². The first-order valence-corrected chi connectivity index (χ1v) is 10.7. The van der Waals surface area contributed by atoms with Gasteiger partial charge in [-0.1, -0.05) is 61.8 Å². The van der Waals surface area contributed by atoms with Gasteiger partial charge in [-0.25, -0.2) is 0 Å². The van der Waals surface area contributed by atoms with Crippen LogP contribution in [0.4, 0.5) is 0 Å². The molecule has 28 heavy (non-hydrogen) atoms. The molecule has 4 atom stereocenters. The highest BCUT2D eigenvalue weighted by atomic mass is 16.2. The van der Waals surface area contributed by atoms with E-state index >= 15 is 0 Å². The number of aromatic nitrogens is 1. The minimum Gasteiger partial charge on any atom is -0.361 e. The largest absolute Gasteiger partial charge is 0.361 e. The average Bonchev–Trinajstić information content (AvgIpc) is 3.08. The first-order valence-electron chi connectivity index (χ1n) is 10.7. The summed E-state index contributed by atoms with van der Waals surface area (Å²) in [6.07, 6.45) is 17.7. The van der Waals surface area contributed by atoms with Crippen molar-refractivity contribution in [1.82, 2.24) is 9.88 Å². The van der Waals surface area contributed by atoms with E-state index in [2.05, 4.69) is 53.3 Å². The number of nitrogens with zero attached hydrogens (tertiary/aromatic N) is 1. The summed E-state index contributed by atoms with van der Waals surface area (Å²) in [5.41, 5.74) is 3.43. The van der Waals surface area contributed by atoms with Crippen LogP contribution in [0.1, 0.15) is 43.0 Å². The number of piperidine rings is 1. The first-order chi connectivity index (χ1) is 13.8. The summed E-state index contributed by atoms with van der Waals surface area (Å²) < 4.78 is 0. The van der Waals surface area contributed by atoms with Crippen LogP contribution < -0.4 is 0 Å². The predicted molar refractivity (Wildman–Crippen MR) is 114 cm³/mol. The van der Waals surface area contributed by atoms with Crippen molar-refractivity contribution in [2.75, 3.05) is 6.54 Å². The Morgan fingerprint density at radius 3 is 3.04 bits per heavy atom. The molecule has 0 radical (unpaired) electrons. The highest BCUT2D eigenvalue weighted by molar-refractivity contribution is 5.98. The van der Waals surface area contributed by atoms with Gasteiger partial charge in [0.05, 0.1) is 0 Å². The second-order valence-electron chi connectivity index (χ2n) is 8.42. The molecular weight excluding hydrogens is 344 g/mol. The van der Waals surface area contributed by atoms with Gasteiger partial charge >= 0.3 is 0 Å². The number of hydrogen-bond acceptors (Lipinski definition) is 1. The third kappa shape index (κ3) is 2.76. The molecule has 2 heterocycles. The number of nitrogens with one attached hydrogen (secondary N) is 1. The van der Waals surface area contributed by atoms with Crippen LogP contribution in [0.5, 0.6) is 0 Å². The van der Waals surface area contributed by atoms with Crippen molar-refractivity contribution in [3.05, 3.63) is 72.0 Å². The van der Waals surface area contributed by atoms with Crippen LogP contribution in [-0.2, 0) is 0 Å². The smallest absolute Gasteiger partial charge is 0.254 e. The quantitative estimate of drug-likeness (QED) is 0.757. The monoisotopic (exact) mass is 372 g/mol. The van der Waals surface area contributed by atoms with Gasteiger partial charge in [-0.05, 0) is 48.3 Å². The molecule has 0 bridgehead atoms. The van der Waals surface area contributed by atoms with Gasteiger partial charge < -0.3 is 9.88 Å². The number of fused-ring (bicyclic) bond motifs is 5. The molecule has 1 aromatic carbocycles. The lowest BCUT2D eigenvalue weighted by Crippen LogP contribution is -2.59. The number of allylic oxidation sites excluding steroid dienone is 6. The minimum atomic E-state index is 0.198. The van der Waals surface area contributed by atoms with Gasteiger partial charge in [0.25, 0.3) is 5.91 Å². The molecule has 1 N–H and O–H groups in total. The Morgan fingerprint density at radius 2 is 2.14 bits per heavy atom. The number of hydrogen-bond donors (Lipinski definition) is 1. The van der Waals surface area contributed by atoms with Crippen molar-refractivity contribution in [1.29, 1.82) is 0 Å². The molecule has 0 spiro atoms. The van der Waals surface area contributed by atoms with Crippen molar-refractivity contribution >= 4 is 16.8 Å². The molecule has 2 aliphatic carbocycles. The molecule has 144 valence electrons. The average molecular weight is 373 g/mol. The minimum absolute atomic E-state index is 0.198. The maximum atomic E-state index is 13.5. The molecule has 3 unspecified atom stereocenters. The van der Waals surface area contributed by atoms with Gasteiger partial charge in [0.2, 0.25) is 0 Å². The van der Waals surface area contributed by atoms with Crippen LogP contribution in [0.25, 0.3) is 10.9 Å². The van der Waals surface area contributed by atoms with Crippen LogP contribution in [0.15, 0.2) is 66.4 Å². The maximum Gasteiger partial charge on any atom is 0.254 e. The Hall–Kier alpha value is -2.55. The fraction of sp³-hybridized carbons (Fsp3) is 0.400. The Kier molecular flexibility index (Phi) is 4.46. The molecule has 1 aromatic heterocycles. The number of rotatable bonds is 4. The van der Waals surface area contributed by atoms with Gasteiger partial charge in [0.15, 0.2) is 0 Å². The Labute approximate surface area is 166 Å². The van der Waals surface area contributed by atoms with E-state index in [9.17, 15) is 4.79 Å². The Morgan fingerprint density at radius 1 is 1.21 bits per heavy atom. The van der Waals surface area contributed by atoms with Crippen molar-refractivity contribution in [3.63, 3.8) is 0 Å². The summed E-state index contributed by atoms with van der Waals surface area (Å²) in [6.45, 7) is 3.11. The van der Waals surface area contributed by atoms with E-state index in [1.54, 1.807) is 5.57 Å². The normalized spacial score (nSPS) is 28.3. The second kappa shape index (κ2) is 7.12. The van der Waals surface area contributed by atoms with Crippen molar-refractivity contribution in [2.45, 2.75) is 38.6 Å².